The van der Waals surface area contributed by atoms with Crippen LogP contribution in [0.3, 0.4) is 0 Å². The fourth-order valence-corrected chi connectivity index (χ4v) is 2.41. The lowest BCUT2D eigenvalue weighted by Crippen LogP contribution is -2.43. The number of nitrogens with one attached hydrogen (secondary N) is 1. The second kappa shape index (κ2) is 5.07. The largest absolute Gasteiger partial charge is 0.314 e. The summed E-state index contributed by atoms with van der Waals surface area (Å²) in [6.45, 7) is 6.10. The van der Waals surface area contributed by atoms with Crippen LogP contribution in [0.5, 0.6) is 0 Å². The number of nitrogens with zero attached hydrogens (tertiary/aromatic N) is 2. The first kappa shape index (κ1) is 13.0. The van der Waals surface area contributed by atoms with Crippen molar-refractivity contribution in [3.63, 3.8) is 0 Å². The van der Waals surface area contributed by atoms with Gasteiger partial charge in [0.05, 0.1) is 11.5 Å². The van der Waals surface area contributed by atoms with Crippen LogP contribution in [0, 0.1) is 16.7 Å². The average molecular weight is 243 g/mol. The molecule has 1 aliphatic rings. The molecule has 1 aromatic heterocycles. The summed E-state index contributed by atoms with van der Waals surface area (Å²) in [6, 6.07) is 6.55. The average Bonchev–Trinajstić information content (AvgIpc) is 2.34. The second-order valence-electron chi connectivity index (χ2n) is 5.97. The van der Waals surface area contributed by atoms with Crippen molar-refractivity contribution in [2.24, 2.45) is 5.41 Å². The van der Waals surface area contributed by atoms with Gasteiger partial charge in [-0.2, -0.15) is 5.26 Å². The summed E-state index contributed by atoms with van der Waals surface area (Å²) in [5.74, 6) is 0. The molecule has 1 fully saturated rings. The third-order valence-electron chi connectivity index (χ3n) is 4.02. The Balaban J connectivity index is 1.88. The number of hydrogen-bond donors (Lipinski definition) is 1. The van der Waals surface area contributed by atoms with Crippen LogP contribution >= 0.6 is 0 Å². The molecule has 0 aromatic carbocycles. The van der Waals surface area contributed by atoms with Gasteiger partial charge in [0, 0.05) is 30.9 Å². The van der Waals surface area contributed by atoms with Gasteiger partial charge >= 0.3 is 0 Å². The predicted molar refractivity (Wildman–Crippen MR) is 72.0 cm³/mol. The molecule has 0 saturated heterocycles. The minimum Gasteiger partial charge on any atom is -0.314 e. The van der Waals surface area contributed by atoms with Crippen molar-refractivity contribution in [3.8, 4) is 6.07 Å². The Labute approximate surface area is 109 Å². The number of hydrogen-bond acceptors (Lipinski definition) is 3. The van der Waals surface area contributed by atoms with Gasteiger partial charge in [0.15, 0.2) is 0 Å². The van der Waals surface area contributed by atoms with Crippen molar-refractivity contribution >= 4 is 0 Å². The highest BCUT2D eigenvalue weighted by atomic mass is 14.9. The molecule has 3 heteroatoms. The molecular weight excluding hydrogens is 222 g/mol. The molecule has 0 atom stereocenters. The third kappa shape index (κ3) is 2.70. The predicted octanol–water partition coefficient (Wildman–Crippen LogP) is 2.64. The maximum Gasteiger partial charge on any atom is 0.0703 e. The normalized spacial score (nSPS) is 17.8. The fraction of sp³-hybridized carbons (Fsp3) is 0.600. The van der Waals surface area contributed by atoms with E-state index in [9.17, 15) is 5.26 Å². The van der Waals surface area contributed by atoms with Crippen LogP contribution in [0.2, 0.25) is 0 Å². The van der Waals surface area contributed by atoms with E-state index < -0.39 is 0 Å². The minimum absolute atomic E-state index is 0.0503. The van der Waals surface area contributed by atoms with Gasteiger partial charge in [-0.1, -0.05) is 26.3 Å². The minimum atomic E-state index is -0.0922. The first-order chi connectivity index (χ1) is 8.58. The van der Waals surface area contributed by atoms with E-state index in [1.54, 1.807) is 6.20 Å². The number of rotatable bonds is 5. The lowest BCUT2D eigenvalue weighted by molar-refractivity contribution is 0.203. The molecule has 1 saturated carbocycles. The summed E-state index contributed by atoms with van der Waals surface area (Å²) in [5, 5.41) is 12.7. The third-order valence-corrected chi connectivity index (χ3v) is 4.02. The van der Waals surface area contributed by atoms with Crippen molar-refractivity contribution in [1.29, 1.82) is 5.26 Å². The smallest absolute Gasteiger partial charge is 0.0703 e. The van der Waals surface area contributed by atoms with Crippen LogP contribution in [0.1, 0.15) is 38.7 Å². The van der Waals surface area contributed by atoms with Crippen molar-refractivity contribution in [1.82, 2.24) is 10.3 Å². The number of pyridine rings is 1. The van der Waals surface area contributed by atoms with Crippen LogP contribution in [0.4, 0.5) is 0 Å². The molecule has 1 aliphatic carbocycles. The molecule has 2 rings (SSSR count). The Kier molecular flexibility index (Phi) is 3.68. The Morgan fingerprint density at radius 2 is 2.28 bits per heavy atom. The molecule has 1 N–H and O–H groups in total. The zero-order chi connectivity index (χ0) is 13.1. The second-order valence-corrected chi connectivity index (χ2v) is 5.97. The summed E-state index contributed by atoms with van der Waals surface area (Å²) in [6.07, 6.45) is 7.01. The summed E-state index contributed by atoms with van der Waals surface area (Å²) >= 11 is 0. The summed E-state index contributed by atoms with van der Waals surface area (Å²) in [5.41, 5.74) is 1.19. The van der Waals surface area contributed by atoms with E-state index in [2.05, 4.69) is 36.3 Å². The van der Waals surface area contributed by atoms with Crippen molar-refractivity contribution in [3.05, 3.63) is 30.1 Å². The monoisotopic (exact) mass is 243 g/mol. The van der Waals surface area contributed by atoms with Crippen molar-refractivity contribution in [2.45, 2.75) is 38.5 Å². The van der Waals surface area contributed by atoms with Crippen LogP contribution in [-0.2, 0) is 5.41 Å². The van der Waals surface area contributed by atoms with E-state index in [4.69, 9.17) is 0 Å². The standard InChI is InChI=1S/C15H21N3/c1-14(2,13-5-3-8-17-9-13)11-18-12-15(10-16)6-4-7-15/h3,5,8-9,18H,4,6-7,11-12H2,1-2H3. The lowest BCUT2D eigenvalue weighted by Gasteiger charge is -2.36. The number of nitriles is 1. The molecule has 96 valence electrons. The molecule has 0 unspecified atom stereocenters. The Morgan fingerprint density at radius 1 is 1.50 bits per heavy atom. The van der Waals surface area contributed by atoms with Crippen molar-refractivity contribution < 1.29 is 0 Å². The molecule has 0 bridgehead atoms. The topological polar surface area (TPSA) is 48.7 Å². The zero-order valence-corrected chi connectivity index (χ0v) is 11.2. The van der Waals surface area contributed by atoms with Gasteiger partial charge in [0.2, 0.25) is 0 Å². The zero-order valence-electron chi connectivity index (χ0n) is 11.2. The SMILES string of the molecule is CC(C)(CNCC1(C#N)CCC1)c1cccnc1. The molecule has 0 amide bonds. The lowest BCUT2D eigenvalue weighted by atomic mass is 9.70. The van der Waals surface area contributed by atoms with E-state index >= 15 is 0 Å². The molecule has 0 aliphatic heterocycles. The van der Waals surface area contributed by atoms with Gasteiger partial charge in [-0.3, -0.25) is 4.98 Å². The molecule has 3 nitrogen and oxygen atoms in total. The Hall–Kier alpha value is -1.40. The van der Waals surface area contributed by atoms with Crippen molar-refractivity contribution in [2.75, 3.05) is 13.1 Å². The Morgan fingerprint density at radius 3 is 2.78 bits per heavy atom. The first-order valence-corrected chi connectivity index (χ1v) is 6.61. The summed E-state index contributed by atoms with van der Waals surface area (Å²) in [7, 11) is 0. The van der Waals surface area contributed by atoms with E-state index in [1.807, 2.05) is 12.3 Å². The first-order valence-electron chi connectivity index (χ1n) is 6.61. The van der Waals surface area contributed by atoms with E-state index in [1.165, 1.54) is 12.0 Å². The molecule has 1 aromatic rings. The highest BCUT2D eigenvalue weighted by Crippen LogP contribution is 2.39. The fourth-order valence-electron chi connectivity index (χ4n) is 2.41. The maximum absolute atomic E-state index is 9.18. The van der Waals surface area contributed by atoms with Crippen LogP contribution in [-0.4, -0.2) is 18.1 Å². The summed E-state index contributed by atoms with van der Waals surface area (Å²) < 4.78 is 0. The van der Waals surface area contributed by atoms with Gasteiger partial charge in [-0.15, -0.1) is 0 Å². The highest BCUT2D eigenvalue weighted by molar-refractivity contribution is 5.20. The molecule has 1 heterocycles. The quantitative estimate of drug-likeness (QED) is 0.865. The molecule has 0 spiro atoms. The van der Waals surface area contributed by atoms with Crippen LogP contribution < -0.4 is 5.32 Å². The van der Waals surface area contributed by atoms with Gasteiger partial charge in [-0.25, -0.2) is 0 Å². The van der Waals surface area contributed by atoms with Gasteiger partial charge in [0.1, 0.15) is 0 Å². The van der Waals surface area contributed by atoms with Gasteiger partial charge in [0.25, 0.3) is 0 Å². The highest BCUT2D eigenvalue weighted by Gasteiger charge is 2.37. The van der Waals surface area contributed by atoms with Gasteiger partial charge in [-0.05, 0) is 24.5 Å². The molecule has 18 heavy (non-hydrogen) atoms. The van der Waals surface area contributed by atoms with E-state index in [-0.39, 0.29) is 10.8 Å². The van der Waals surface area contributed by atoms with Crippen LogP contribution in [0.15, 0.2) is 24.5 Å². The Bertz CT molecular complexity index is 427. The van der Waals surface area contributed by atoms with Gasteiger partial charge < -0.3 is 5.32 Å². The summed E-state index contributed by atoms with van der Waals surface area (Å²) in [4.78, 5) is 4.17. The van der Waals surface area contributed by atoms with E-state index in [0.717, 1.165) is 25.9 Å². The van der Waals surface area contributed by atoms with E-state index in [0.29, 0.717) is 0 Å². The molecule has 0 radical (unpaired) electrons. The van der Waals surface area contributed by atoms with Crippen LogP contribution in [0.25, 0.3) is 0 Å². The maximum atomic E-state index is 9.18. The number of aromatic nitrogens is 1. The molecular formula is C15H21N3.